The van der Waals surface area contributed by atoms with Gasteiger partial charge in [0, 0.05) is 17.3 Å². The summed E-state index contributed by atoms with van der Waals surface area (Å²) in [5.74, 6) is -0.0754. The summed E-state index contributed by atoms with van der Waals surface area (Å²) in [6.07, 6.45) is -0.485. The minimum absolute atomic E-state index is 0.0754. The fourth-order valence-corrected chi connectivity index (χ4v) is 2.42. The molecule has 0 saturated carbocycles. The van der Waals surface area contributed by atoms with E-state index in [1.165, 1.54) is 0 Å². The van der Waals surface area contributed by atoms with Gasteiger partial charge >= 0.3 is 0 Å². The van der Waals surface area contributed by atoms with Gasteiger partial charge in [0.1, 0.15) is 0 Å². The summed E-state index contributed by atoms with van der Waals surface area (Å²) >= 11 is 0. The minimum Gasteiger partial charge on any atom is -0.399 e. The van der Waals surface area contributed by atoms with Gasteiger partial charge in [-0.05, 0) is 48.2 Å². The fraction of sp³-hybridized carbons (Fsp3) is 0.250. The lowest BCUT2D eigenvalue weighted by molar-refractivity contribution is 0.617. The lowest BCUT2D eigenvalue weighted by atomic mass is 9.87. The Hall–Kier alpha value is -2.04. The Morgan fingerprint density at radius 2 is 1.15 bits per heavy atom. The molecule has 2 aromatic carbocycles. The van der Waals surface area contributed by atoms with Crippen molar-refractivity contribution in [3.8, 4) is 0 Å². The van der Waals surface area contributed by atoms with Crippen LogP contribution in [-0.4, -0.2) is 6.17 Å². The van der Waals surface area contributed by atoms with E-state index in [0.717, 1.165) is 33.6 Å². The second kappa shape index (κ2) is 5.53. The van der Waals surface area contributed by atoms with Crippen molar-refractivity contribution in [3.05, 3.63) is 58.7 Å². The fourth-order valence-electron chi connectivity index (χ4n) is 2.42. The number of hydrogen-bond donors (Lipinski definition) is 4. The third-order valence-electron chi connectivity index (χ3n) is 3.69. The maximum Gasteiger partial charge on any atom is 0.0633 e. The van der Waals surface area contributed by atoms with E-state index in [-0.39, 0.29) is 5.92 Å². The molecule has 0 fully saturated rings. The van der Waals surface area contributed by atoms with Gasteiger partial charge in [-0.25, -0.2) is 0 Å². The van der Waals surface area contributed by atoms with Crippen LogP contribution in [0, 0.1) is 13.8 Å². The molecule has 0 aliphatic carbocycles. The molecule has 0 aliphatic rings. The van der Waals surface area contributed by atoms with Gasteiger partial charge in [-0.2, -0.15) is 0 Å². The molecule has 0 heterocycles. The van der Waals surface area contributed by atoms with E-state index in [4.69, 9.17) is 22.9 Å². The van der Waals surface area contributed by atoms with E-state index in [1.807, 2.05) is 50.2 Å². The number of rotatable bonds is 3. The zero-order valence-corrected chi connectivity index (χ0v) is 11.9. The molecular formula is C16H22N4. The maximum atomic E-state index is 5.99. The first-order valence-electron chi connectivity index (χ1n) is 6.63. The Balaban J connectivity index is 2.50. The lowest BCUT2D eigenvalue weighted by Gasteiger charge is -2.23. The molecule has 20 heavy (non-hydrogen) atoms. The van der Waals surface area contributed by atoms with Crippen LogP contribution in [-0.2, 0) is 0 Å². The second-order valence-electron chi connectivity index (χ2n) is 5.29. The molecule has 4 nitrogen and oxygen atoms in total. The number of aryl methyl sites for hydroxylation is 2. The van der Waals surface area contributed by atoms with Crippen LogP contribution < -0.4 is 22.9 Å². The van der Waals surface area contributed by atoms with Crippen LogP contribution in [0.5, 0.6) is 0 Å². The number of nitrogens with two attached hydrogens (primary N) is 4. The van der Waals surface area contributed by atoms with Crippen LogP contribution in [0.3, 0.4) is 0 Å². The van der Waals surface area contributed by atoms with Crippen molar-refractivity contribution >= 4 is 11.4 Å². The molecule has 8 N–H and O–H groups in total. The van der Waals surface area contributed by atoms with Crippen molar-refractivity contribution in [3.63, 3.8) is 0 Å². The topological polar surface area (TPSA) is 104 Å². The van der Waals surface area contributed by atoms with Crippen molar-refractivity contribution < 1.29 is 0 Å². The third kappa shape index (κ3) is 2.76. The van der Waals surface area contributed by atoms with Gasteiger partial charge in [-0.1, -0.05) is 24.3 Å². The van der Waals surface area contributed by atoms with E-state index >= 15 is 0 Å². The molecule has 2 aromatic rings. The van der Waals surface area contributed by atoms with Crippen molar-refractivity contribution in [1.29, 1.82) is 0 Å². The maximum absolute atomic E-state index is 5.99. The average Bonchev–Trinajstić information content (AvgIpc) is 2.38. The first-order chi connectivity index (χ1) is 9.40. The molecule has 0 spiro atoms. The third-order valence-corrected chi connectivity index (χ3v) is 3.69. The predicted molar refractivity (Wildman–Crippen MR) is 85.2 cm³/mol. The number of benzene rings is 2. The molecule has 0 aliphatic heterocycles. The number of nitrogen functional groups attached to an aromatic ring is 2. The molecule has 0 atom stereocenters. The smallest absolute Gasteiger partial charge is 0.0633 e. The summed E-state index contributed by atoms with van der Waals surface area (Å²) in [5, 5.41) is 0. The highest BCUT2D eigenvalue weighted by Crippen LogP contribution is 2.29. The summed E-state index contributed by atoms with van der Waals surface area (Å²) in [7, 11) is 0. The molecule has 106 valence electrons. The van der Waals surface area contributed by atoms with Crippen LogP contribution >= 0.6 is 0 Å². The average molecular weight is 270 g/mol. The predicted octanol–water partition coefficient (Wildman–Crippen LogP) is 1.84. The molecule has 0 aromatic heterocycles. The quantitative estimate of drug-likeness (QED) is 0.504. The molecular weight excluding hydrogens is 248 g/mol. The first-order valence-corrected chi connectivity index (χ1v) is 6.63. The summed E-state index contributed by atoms with van der Waals surface area (Å²) < 4.78 is 0. The van der Waals surface area contributed by atoms with Crippen molar-refractivity contribution in [2.45, 2.75) is 25.9 Å². The van der Waals surface area contributed by atoms with Crippen LogP contribution in [0.15, 0.2) is 36.4 Å². The highest BCUT2D eigenvalue weighted by atomic mass is 14.9. The second-order valence-corrected chi connectivity index (χ2v) is 5.29. The van der Waals surface area contributed by atoms with E-state index < -0.39 is 6.17 Å². The Labute approximate surface area is 119 Å². The number of anilines is 2. The molecule has 0 unspecified atom stereocenters. The van der Waals surface area contributed by atoms with E-state index in [2.05, 4.69) is 0 Å². The summed E-state index contributed by atoms with van der Waals surface area (Å²) in [6.45, 7) is 3.96. The molecule has 0 saturated heterocycles. The first kappa shape index (κ1) is 14.4. The standard InChI is InChI=1S/C16H22N4/c1-9-7-11(3-5-13(9)17)15(16(19)20)12-4-6-14(18)10(2)8-12/h3-8,15-16H,17-20H2,1-2H3. The van der Waals surface area contributed by atoms with Crippen LogP contribution in [0.4, 0.5) is 11.4 Å². The van der Waals surface area contributed by atoms with E-state index in [0.29, 0.717) is 0 Å². The van der Waals surface area contributed by atoms with Crippen LogP contribution in [0.1, 0.15) is 28.2 Å². The summed E-state index contributed by atoms with van der Waals surface area (Å²) in [5.41, 5.74) is 29.4. The van der Waals surface area contributed by atoms with E-state index in [1.54, 1.807) is 0 Å². The van der Waals surface area contributed by atoms with Crippen molar-refractivity contribution in [2.24, 2.45) is 11.5 Å². The Morgan fingerprint density at radius 1 is 0.750 bits per heavy atom. The van der Waals surface area contributed by atoms with Gasteiger partial charge in [0.2, 0.25) is 0 Å². The molecule has 2 rings (SSSR count). The van der Waals surface area contributed by atoms with Crippen LogP contribution in [0.25, 0.3) is 0 Å². The normalized spacial score (nSPS) is 11.3. The molecule has 4 heteroatoms. The molecule has 0 amide bonds. The van der Waals surface area contributed by atoms with E-state index in [9.17, 15) is 0 Å². The lowest BCUT2D eigenvalue weighted by Crippen LogP contribution is -2.37. The number of hydrogen-bond acceptors (Lipinski definition) is 4. The molecule has 0 bridgehead atoms. The highest BCUT2D eigenvalue weighted by Gasteiger charge is 2.20. The Bertz CT molecular complexity index is 568. The van der Waals surface area contributed by atoms with Crippen molar-refractivity contribution in [2.75, 3.05) is 11.5 Å². The summed E-state index contributed by atoms with van der Waals surface area (Å²) in [6, 6.07) is 11.8. The minimum atomic E-state index is -0.485. The SMILES string of the molecule is Cc1cc(C(c2ccc(N)c(C)c2)C(N)N)ccc1N. The van der Waals surface area contributed by atoms with Gasteiger partial charge in [-0.15, -0.1) is 0 Å². The van der Waals surface area contributed by atoms with Crippen LogP contribution in [0.2, 0.25) is 0 Å². The van der Waals surface area contributed by atoms with Gasteiger partial charge in [0.25, 0.3) is 0 Å². The summed E-state index contributed by atoms with van der Waals surface area (Å²) in [4.78, 5) is 0. The monoisotopic (exact) mass is 270 g/mol. The zero-order chi connectivity index (χ0) is 14.9. The molecule has 0 radical (unpaired) electrons. The van der Waals surface area contributed by atoms with Gasteiger partial charge in [-0.3, -0.25) is 0 Å². The van der Waals surface area contributed by atoms with Gasteiger partial charge in [0.15, 0.2) is 0 Å². The Kier molecular flexibility index (Phi) is 3.97. The Morgan fingerprint density at radius 3 is 1.45 bits per heavy atom. The largest absolute Gasteiger partial charge is 0.399 e. The zero-order valence-electron chi connectivity index (χ0n) is 11.9. The highest BCUT2D eigenvalue weighted by molar-refractivity contribution is 5.52. The van der Waals surface area contributed by atoms with Gasteiger partial charge < -0.3 is 22.9 Å². The van der Waals surface area contributed by atoms with Crippen molar-refractivity contribution in [1.82, 2.24) is 0 Å². The van der Waals surface area contributed by atoms with Gasteiger partial charge in [0.05, 0.1) is 6.17 Å².